The van der Waals surface area contributed by atoms with Crippen molar-refractivity contribution in [3.63, 3.8) is 0 Å². The molecule has 1 saturated carbocycles. The fraction of sp³-hybridized carbons (Fsp3) is 0.400. The normalized spacial score (nSPS) is 13.7. The molecule has 1 heterocycles. The quantitative estimate of drug-likeness (QED) is 0.329. The van der Waals surface area contributed by atoms with Crippen LogP contribution < -0.4 is 16.4 Å². The third kappa shape index (κ3) is 9.99. The Hall–Kier alpha value is -3.69. The molecule has 1 amide bonds. The van der Waals surface area contributed by atoms with Gasteiger partial charge < -0.3 is 27.2 Å². The number of nitrogens with zero attached hydrogens (tertiary/aromatic N) is 2. The molecule has 0 saturated heterocycles. The number of rotatable bonds is 9. The van der Waals surface area contributed by atoms with Crippen molar-refractivity contribution in [2.45, 2.75) is 58.4 Å². The van der Waals surface area contributed by atoms with Gasteiger partial charge in [-0.3, -0.25) is 4.79 Å². The Bertz CT molecular complexity index is 987. The van der Waals surface area contributed by atoms with Crippen LogP contribution >= 0.6 is 0 Å². The lowest BCUT2D eigenvalue weighted by atomic mass is 10.0. The molecule has 1 atom stereocenters. The molecule has 1 fully saturated rings. The monoisotopic (exact) mass is 487 g/mol. The summed E-state index contributed by atoms with van der Waals surface area (Å²) in [5, 5.41) is 20.0. The summed E-state index contributed by atoms with van der Waals surface area (Å²) in [6.45, 7) is 6.35. The van der Waals surface area contributed by atoms with Gasteiger partial charge in [0.1, 0.15) is 5.82 Å². The minimum atomic E-state index is -3.42. The van der Waals surface area contributed by atoms with Crippen LogP contribution in [0.3, 0.4) is 0 Å². The molecule has 35 heavy (non-hydrogen) atoms. The lowest BCUT2D eigenvalue weighted by molar-refractivity contribution is -0.143. The minimum absolute atomic E-state index is 0.214. The Morgan fingerprint density at radius 1 is 1.26 bits per heavy atom. The van der Waals surface area contributed by atoms with E-state index in [0.717, 1.165) is 18.3 Å². The smallest absolute Gasteiger partial charge is 0.321 e. The van der Waals surface area contributed by atoms with Crippen molar-refractivity contribution in [2.75, 3.05) is 11.9 Å². The highest BCUT2D eigenvalue weighted by molar-refractivity contribution is 6.08. The SMILES string of the molecule is CC.CC(CNc1ccc(/C(C=N)=C/N)cc1C=N)NC(=O)C(C)(F)F.c1cnc(C2CC2)nc1. The summed E-state index contributed by atoms with van der Waals surface area (Å²) < 4.78 is 25.7. The second kappa shape index (κ2) is 14.5. The largest absolute Gasteiger partial charge is 0.404 e. The topological polar surface area (TPSA) is 141 Å². The third-order valence-electron chi connectivity index (χ3n) is 4.78. The average Bonchev–Trinajstić information content (AvgIpc) is 3.71. The molecule has 1 aromatic heterocycles. The van der Waals surface area contributed by atoms with E-state index in [2.05, 4.69) is 20.6 Å². The van der Waals surface area contributed by atoms with Crippen molar-refractivity contribution >= 4 is 29.6 Å². The van der Waals surface area contributed by atoms with Crippen molar-refractivity contribution in [1.82, 2.24) is 15.3 Å². The van der Waals surface area contributed by atoms with Crippen molar-refractivity contribution in [1.29, 1.82) is 10.8 Å². The number of carbonyl (C=O) groups excluding carboxylic acids is 1. The zero-order chi connectivity index (χ0) is 26.4. The molecule has 8 nitrogen and oxygen atoms in total. The summed E-state index contributed by atoms with van der Waals surface area (Å²) in [4.78, 5) is 19.5. The van der Waals surface area contributed by atoms with E-state index in [4.69, 9.17) is 16.6 Å². The number of hydrogen-bond donors (Lipinski definition) is 5. The first-order valence-corrected chi connectivity index (χ1v) is 11.5. The highest BCUT2D eigenvalue weighted by Gasteiger charge is 2.32. The summed E-state index contributed by atoms with van der Waals surface area (Å²) in [5.74, 6) is -3.04. The number of benzene rings is 1. The first-order valence-electron chi connectivity index (χ1n) is 11.5. The Morgan fingerprint density at radius 2 is 1.89 bits per heavy atom. The standard InChI is InChI=1S/C16H21F2N5O.C7H8N2.C2H6/c1-10(23-15(24)16(2,17)18)9-22-14-4-3-11(5-12(14)6-19)13(7-20)8-21;1-4-8-7(9-5-1)6-2-3-6;1-2/h3-8,10,19-20,22H,9,21H2,1-2H3,(H,23,24);1,4-6H,2-3H2;1-2H3/b13-8+,19-6?,20-7?;;. The van der Waals surface area contributed by atoms with Gasteiger partial charge in [0.15, 0.2) is 0 Å². The van der Waals surface area contributed by atoms with Crippen LogP contribution in [0.25, 0.3) is 5.57 Å². The summed E-state index contributed by atoms with van der Waals surface area (Å²) in [7, 11) is 0. The number of halogens is 2. The van der Waals surface area contributed by atoms with Crippen LogP contribution in [0.1, 0.15) is 63.4 Å². The minimum Gasteiger partial charge on any atom is -0.404 e. The van der Waals surface area contributed by atoms with E-state index in [1.807, 2.05) is 19.9 Å². The lowest BCUT2D eigenvalue weighted by Gasteiger charge is -2.19. The van der Waals surface area contributed by atoms with Crippen LogP contribution in [0.4, 0.5) is 14.5 Å². The number of amides is 1. The number of alkyl halides is 2. The molecule has 0 spiro atoms. The fourth-order valence-electron chi connectivity index (χ4n) is 2.78. The molecule has 1 aromatic carbocycles. The summed E-state index contributed by atoms with van der Waals surface area (Å²) in [6, 6.07) is 6.44. The lowest BCUT2D eigenvalue weighted by Crippen LogP contribution is -2.45. The number of nitrogens with two attached hydrogens (primary N) is 1. The number of hydrogen-bond acceptors (Lipinski definition) is 7. The van der Waals surface area contributed by atoms with Gasteiger partial charge in [0.05, 0.1) is 0 Å². The van der Waals surface area contributed by atoms with E-state index in [1.165, 1.54) is 19.0 Å². The van der Waals surface area contributed by atoms with Gasteiger partial charge in [-0.1, -0.05) is 19.9 Å². The van der Waals surface area contributed by atoms with Crippen LogP contribution in [0.15, 0.2) is 42.9 Å². The number of nitrogens with one attached hydrogen (secondary N) is 4. The van der Waals surface area contributed by atoms with E-state index < -0.39 is 17.9 Å². The molecule has 0 bridgehead atoms. The highest BCUT2D eigenvalue weighted by atomic mass is 19.3. The number of aromatic nitrogens is 2. The van der Waals surface area contributed by atoms with Gasteiger partial charge in [-0.05, 0) is 43.5 Å². The summed E-state index contributed by atoms with van der Waals surface area (Å²) >= 11 is 0. The molecule has 10 heteroatoms. The molecule has 3 rings (SSSR count). The van der Waals surface area contributed by atoms with Crippen LogP contribution in [0.5, 0.6) is 0 Å². The Balaban J connectivity index is 0.000000454. The van der Waals surface area contributed by atoms with E-state index in [0.29, 0.717) is 35.2 Å². The van der Waals surface area contributed by atoms with Crippen molar-refractivity contribution < 1.29 is 13.6 Å². The van der Waals surface area contributed by atoms with Gasteiger partial charge in [-0.15, -0.1) is 0 Å². The maximum atomic E-state index is 12.8. The number of anilines is 1. The fourth-order valence-corrected chi connectivity index (χ4v) is 2.78. The average molecular weight is 488 g/mol. The van der Waals surface area contributed by atoms with Gasteiger partial charge in [-0.25, -0.2) is 9.97 Å². The van der Waals surface area contributed by atoms with Gasteiger partial charge in [-0.2, -0.15) is 8.78 Å². The molecule has 1 aliphatic rings. The van der Waals surface area contributed by atoms with E-state index >= 15 is 0 Å². The van der Waals surface area contributed by atoms with Crippen molar-refractivity contribution in [2.24, 2.45) is 5.73 Å². The number of allylic oxidation sites excluding steroid dienone is 1. The predicted octanol–water partition coefficient (Wildman–Crippen LogP) is 4.59. The van der Waals surface area contributed by atoms with E-state index in [9.17, 15) is 13.6 Å². The summed E-state index contributed by atoms with van der Waals surface area (Å²) in [5.41, 5.74) is 7.79. The van der Waals surface area contributed by atoms with E-state index in [1.54, 1.807) is 37.5 Å². The molecule has 0 radical (unpaired) electrons. The first kappa shape index (κ1) is 29.3. The molecular weight excluding hydrogens is 452 g/mol. The van der Waals surface area contributed by atoms with Crippen LogP contribution in [-0.2, 0) is 4.79 Å². The second-order valence-electron chi connectivity index (χ2n) is 7.74. The molecule has 1 aliphatic carbocycles. The zero-order valence-corrected chi connectivity index (χ0v) is 20.6. The molecular formula is C25H35F2N7O. The molecule has 0 aliphatic heterocycles. The van der Waals surface area contributed by atoms with Gasteiger partial charge in [0.25, 0.3) is 5.91 Å². The first-order chi connectivity index (χ1) is 16.7. The third-order valence-corrected chi connectivity index (χ3v) is 4.78. The molecule has 6 N–H and O–H groups in total. The maximum absolute atomic E-state index is 12.8. The maximum Gasteiger partial charge on any atom is 0.321 e. The molecule has 1 unspecified atom stereocenters. The van der Waals surface area contributed by atoms with Crippen LogP contribution in [0, 0.1) is 10.8 Å². The van der Waals surface area contributed by atoms with Gasteiger partial charge >= 0.3 is 5.92 Å². The zero-order valence-electron chi connectivity index (χ0n) is 20.6. The van der Waals surface area contributed by atoms with Crippen LogP contribution in [0.2, 0.25) is 0 Å². The predicted molar refractivity (Wildman–Crippen MR) is 137 cm³/mol. The number of carbonyl (C=O) groups is 1. The second-order valence-corrected chi connectivity index (χ2v) is 7.74. The van der Waals surface area contributed by atoms with E-state index in [-0.39, 0.29) is 6.54 Å². The molecule has 2 aromatic rings. The molecule has 190 valence electrons. The van der Waals surface area contributed by atoms with Gasteiger partial charge in [0, 0.05) is 73.3 Å². The van der Waals surface area contributed by atoms with Gasteiger partial charge in [0.2, 0.25) is 0 Å². The Labute approximate surface area is 205 Å². The van der Waals surface area contributed by atoms with Crippen molar-refractivity contribution in [3.05, 3.63) is 59.8 Å². The summed E-state index contributed by atoms with van der Waals surface area (Å²) in [6.07, 6.45) is 9.72. The Morgan fingerprint density at radius 3 is 2.37 bits per heavy atom. The highest BCUT2D eigenvalue weighted by Crippen LogP contribution is 2.37. The Kier molecular flexibility index (Phi) is 12.2. The van der Waals surface area contributed by atoms with Crippen LogP contribution in [-0.4, -0.2) is 46.8 Å². The van der Waals surface area contributed by atoms with Crippen molar-refractivity contribution in [3.8, 4) is 0 Å².